The van der Waals surface area contributed by atoms with Crippen LogP contribution in [0.15, 0.2) is 42.5 Å². The van der Waals surface area contributed by atoms with Crippen molar-refractivity contribution in [2.45, 2.75) is 13.0 Å². The van der Waals surface area contributed by atoms with Crippen molar-refractivity contribution in [3.05, 3.63) is 70.2 Å². The quantitative estimate of drug-likeness (QED) is 0.907. The standard InChI is InChI=1S/C15H12ClF2NO/c1-9(13-7-6-12(17)8-14(13)18)19-15(20)10-2-4-11(16)5-3-10/h2-9H,1H3,(H,19,20). The minimum atomic E-state index is -0.686. The third-order valence-corrected chi connectivity index (χ3v) is 3.13. The van der Waals surface area contributed by atoms with Crippen molar-refractivity contribution in [2.75, 3.05) is 0 Å². The van der Waals surface area contributed by atoms with E-state index in [1.54, 1.807) is 31.2 Å². The molecule has 0 saturated carbocycles. The number of benzene rings is 2. The normalized spacial score (nSPS) is 12.0. The largest absolute Gasteiger partial charge is 0.345 e. The molecule has 2 aromatic carbocycles. The van der Waals surface area contributed by atoms with Crippen LogP contribution in [-0.2, 0) is 0 Å². The molecule has 2 nitrogen and oxygen atoms in total. The Kier molecular flexibility index (Phi) is 4.35. The summed E-state index contributed by atoms with van der Waals surface area (Å²) in [6.45, 7) is 1.63. The van der Waals surface area contributed by atoms with Crippen molar-refractivity contribution < 1.29 is 13.6 Å². The lowest BCUT2D eigenvalue weighted by molar-refractivity contribution is 0.0939. The van der Waals surface area contributed by atoms with Crippen LogP contribution >= 0.6 is 11.6 Å². The Labute approximate surface area is 120 Å². The summed E-state index contributed by atoms with van der Waals surface area (Å²) in [6, 6.07) is 9.04. The lowest BCUT2D eigenvalue weighted by atomic mass is 10.1. The number of halogens is 3. The van der Waals surface area contributed by atoms with E-state index in [-0.39, 0.29) is 11.5 Å². The molecule has 0 spiro atoms. The van der Waals surface area contributed by atoms with Crippen molar-refractivity contribution in [1.82, 2.24) is 5.32 Å². The summed E-state index contributed by atoms with van der Waals surface area (Å²) in [5.41, 5.74) is 0.650. The first-order valence-electron chi connectivity index (χ1n) is 5.99. The molecule has 0 aliphatic rings. The zero-order chi connectivity index (χ0) is 14.7. The summed E-state index contributed by atoms with van der Waals surface area (Å²) in [4.78, 5) is 12.0. The van der Waals surface area contributed by atoms with Gasteiger partial charge in [-0.05, 0) is 37.3 Å². The average molecular weight is 296 g/mol. The summed E-state index contributed by atoms with van der Waals surface area (Å²) in [5, 5.41) is 3.17. The minimum absolute atomic E-state index is 0.230. The fraction of sp³-hybridized carbons (Fsp3) is 0.133. The van der Waals surface area contributed by atoms with Crippen LogP contribution in [0.2, 0.25) is 5.02 Å². The maximum absolute atomic E-state index is 13.6. The molecule has 0 aromatic heterocycles. The third kappa shape index (κ3) is 3.33. The summed E-state index contributed by atoms with van der Waals surface area (Å²) in [6.07, 6.45) is 0. The molecule has 0 bridgehead atoms. The van der Waals surface area contributed by atoms with Gasteiger partial charge in [0.2, 0.25) is 0 Å². The van der Waals surface area contributed by atoms with Gasteiger partial charge in [-0.2, -0.15) is 0 Å². The van der Waals surface area contributed by atoms with E-state index in [1.165, 1.54) is 6.07 Å². The number of amides is 1. The monoisotopic (exact) mass is 295 g/mol. The average Bonchev–Trinajstić information content (AvgIpc) is 2.39. The Morgan fingerprint density at radius 3 is 2.40 bits per heavy atom. The maximum Gasteiger partial charge on any atom is 0.251 e. The SMILES string of the molecule is CC(NC(=O)c1ccc(Cl)cc1)c1ccc(F)cc1F. The van der Waals surface area contributed by atoms with E-state index in [4.69, 9.17) is 11.6 Å². The molecule has 2 aromatic rings. The van der Waals surface area contributed by atoms with Gasteiger partial charge in [0.05, 0.1) is 6.04 Å². The van der Waals surface area contributed by atoms with Crippen LogP contribution in [0, 0.1) is 11.6 Å². The molecule has 1 N–H and O–H groups in total. The molecule has 1 atom stereocenters. The summed E-state index contributed by atoms with van der Waals surface area (Å²) in [7, 11) is 0. The van der Waals surface area contributed by atoms with Gasteiger partial charge in [-0.1, -0.05) is 17.7 Å². The predicted molar refractivity (Wildman–Crippen MR) is 73.7 cm³/mol. The lowest BCUT2D eigenvalue weighted by Crippen LogP contribution is -2.27. The Bertz CT molecular complexity index is 628. The van der Waals surface area contributed by atoms with E-state index >= 15 is 0 Å². The van der Waals surface area contributed by atoms with Gasteiger partial charge in [0, 0.05) is 22.2 Å². The van der Waals surface area contributed by atoms with Crippen LogP contribution in [-0.4, -0.2) is 5.91 Å². The van der Waals surface area contributed by atoms with E-state index < -0.39 is 17.7 Å². The Balaban J connectivity index is 2.12. The highest BCUT2D eigenvalue weighted by atomic mass is 35.5. The number of hydrogen-bond acceptors (Lipinski definition) is 1. The molecular weight excluding hydrogens is 284 g/mol. The van der Waals surface area contributed by atoms with Crippen molar-refractivity contribution in [1.29, 1.82) is 0 Å². The lowest BCUT2D eigenvalue weighted by Gasteiger charge is -2.15. The molecule has 0 fully saturated rings. The summed E-state index contributed by atoms with van der Waals surface area (Å²) in [5.74, 6) is -1.69. The molecule has 1 unspecified atom stereocenters. The maximum atomic E-state index is 13.6. The molecule has 5 heteroatoms. The second-order valence-corrected chi connectivity index (χ2v) is 4.80. The van der Waals surface area contributed by atoms with E-state index in [0.29, 0.717) is 10.6 Å². The summed E-state index contributed by atoms with van der Waals surface area (Å²) >= 11 is 5.74. The highest BCUT2D eigenvalue weighted by molar-refractivity contribution is 6.30. The minimum Gasteiger partial charge on any atom is -0.345 e. The Morgan fingerprint density at radius 1 is 1.15 bits per heavy atom. The van der Waals surface area contributed by atoms with Crippen LogP contribution in [0.1, 0.15) is 28.9 Å². The molecule has 0 aliphatic carbocycles. The van der Waals surface area contributed by atoms with Crippen LogP contribution in [0.5, 0.6) is 0 Å². The molecule has 20 heavy (non-hydrogen) atoms. The number of carbonyl (C=O) groups excluding carboxylic acids is 1. The van der Waals surface area contributed by atoms with Crippen molar-refractivity contribution in [3.8, 4) is 0 Å². The van der Waals surface area contributed by atoms with Gasteiger partial charge in [0.15, 0.2) is 0 Å². The Hall–Kier alpha value is -1.94. The topological polar surface area (TPSA) is 29.1 Å². The van der Waals surface area contributed by atoms with E-state index in [0.717, 1.165) is 12.1 Å². The van der Waals surface area contributed by atoms with Crippen molar-refractivity contribution in [3.63, 3.8) is 0 Å². The van der Waals surface area contributed by atoms with Crippen LogP contribution in [0.3, 0.4) is 0 Å². The molecule has 0 heterocycles. The molecule has 0 aliphatic heterocycles. The van der Waals surface area contributed by atoms with Crippen molar-refractivity contribution >= 4 is 17.5 Å². The summed E-state index contributed by atoms with van der Waals surface area (Å²) < 4.78 is 26.4. The van der Waals surface area contributed by atoms with Crippen LogP contribution in [0.25, 0.3) is 0 Å². The molecule has 0 radical (unpaired) electrons. The van der Waals surface area contributed by atoms with Crippen LogP contribution in [0.4, 0.5) is 8.78 Å². The predicted octanol–water partition coefficient (Wildman–Crippen LogP) is 4.11. The first-order valence-corrected chi connectivity index (χ1v) is 6.36. The van der Waals surface area contributed by atoms with Crippen molar-refractivity contribution in [2.24, 2.45) is 0 Å². The number of carbonyl (C=O) groups is 1. The third-order valence-electron chi connectivity index (χ3n) is 2.88. The van der Waals surface area contributed by atoms with Gasteiger partial charge >= 0.3 is 0 Å². The molecule has 2 rings (SSSR count). The second kappa shape index (κ2) is 6.01. The fourth-order valence-corrected chi connectivity index (χ4v) is 1.94. The highest BCUT2D eigenvalue weighted by Crippen LogP contribution is 2.18. The zero-order valence-corrected chi connectivity index (χ0v) is 11.4. The van der Waals surface area contributed by atoms with Gasteiger partial charge in [0.25, 0.3) is 5.91 Å². The van der Waals surface area contributed by atoms with Gasteiger partial charge in [-0.15, -0.1) is 0 Å². The second-order valence-electron chi connectivity index (χ2n) is 4.37. The van der Waals surface area contributed by atoms with E-state index in [9.17, 15) is 13.6 Å². The molecule has 104 valence electrons. The molecular formula is C15H12ClF2NO. The number of hydrogen-bond donors (Lipinski definition) is 1. The van der Waals surface area contributed by atoms with Crippen LogP contribution < -0.4 is 5.32 Å². The number of nitrogens with one attached hydrogen (secondary N) is 1. The van der Waals surface area contributed by atoms with Gasteiger partial charge in [-0.25, -0.2) is 8.78 Å². The first kappa shape index (κ1) is 14.5. The zero-order valence-electron chi connectivity index (χ0n) is 10.7. The Morgan fingerprint density at radius 2 is 1.80 bits per heavy atom. The van der Waals surface area contributed by atoms with E-state index in [1.807, 2.05) is 0 Å². The fourth-order valence-electron chi connectivity index (χ4n) is 1.81. The highest BCUT2D eigenvalue weighted by Gasteiger charge is 2.15. The van der Waals surface area contributed by atoms with E-state index in [2.05, 4.69) is 5.32 Å². The first-order chi connectivity index (χ1) is 9.47. The van der Waals surface area contributed by atoms with Gasteiger partial charge in [-0.3, -0.25) is 4.79 Å². The van der Waals surface area contributed by atoms with Gasteiger partial charge in [0.1, 0.15) is 11.6 Å². The number of rotatable bonds is 3. The van der Waals surface area contributed by atoms with Gasteiger partial charge < -0.3 is 5.32 Å². The molecule has 0 saturated heterocycles. The smallest absolute Gasteiger partial charge is 0.251 e. The molecule has 1 amide bonds.